The van der Waals surface area contributed by atoms with Gasteiger partial charge in [0.1, 0.15) is 0 Å². The summed E-state index contributed by atoms with van der Waals surface area (Å²) in [7, 11) is 0. The lowest BCUT2D eigenvalue weighted by Crippen LogP contribution is -2.32. The summed E-state index contributed by atoms with van der Waals surface area (Å²) in [4.78, 5) is 0. The lowest BCUT2D eigenvalue weighted by molar-refractivity contribution is 0.314. The van der Waals surface area contributed by atoms with Gasteiger partial charge in [0.25, 0.3) is 0 Å². The molecule has 0 spiro atoms. The molecule has 1 fully saturated rings. The van der Waals surface area contributed by atoms with Gasteiger partial charge in [0.15, 0.2) is 0 Å². The molecule has 64 valence electrons. The quantitative estimate of drug-likeness (QED) is 0.614. The molecule has 1 aliphatic carbocycles. The van der Waals surface area contributed by atoms with Crippen LogP contribution in [0.4, 0.5) is 0 Å². The normalized spacial score (nSPS) is 31.7. The SMILES string of the molecule is C=CCNC1CCC(C)CC1. The van der Waals surface area contributed by atoms with E-state index >= 15 is 0 Å². The summed E-state index contributed by atoms with van der Waals surface area (Å²) in [5, 5.41) is 3.47. The van der Waals surface area contributed by atoms with Crippen LogP contribution in [0.15, 0.2) is 12.7 Å². The molecule has 1 heteroatoms. The van der Waals surface area contributed by atoms with Gasteiger partial charge in [0.2, 0.25) is 0 Å². The predicted octanol–water partition coefficient (Wildman–Crippen LogP) is 2.34. The zero-order valence-corrected chi connectivity index (χ0v) is 7.47. The molecule has 0 aliphatic heterocycles. The third kappa shape index (κ3) is 3.06. The van der Waals surface area contributed by atoms with Crippen molar-refractivity contribution < 1.29 is 0 Å². The predicted molar refractivity (Wildman–Crippen MR) is 49.6 cm³/mol. The van der Waals surface area contributed by atoms with Gasteiger partial charge in [-0.05, 0) is 31.6 Å². The number of rotatable bonds is 3. The van der Waals surface area contributed by atoms with Gasteiger partial charge in [-0.1, -0.05) is 13.0 Å². The van der Waals surface area contributed by atoms with Crippen molar-refractivity contribution in [3.63, 3.8) is 0 Å². The Morgan fingerprint density at radius 3 is 2.55 bits per heavy atom. The minimum Gasteiger partial charge on any atom is -0.311 e. The molecule has 0 bridgehead atoms. The van der Waals surface area contributed by atoms with Gasteiger partial charge in [-0.3, -0.25) is 0 Å². The summed E-state index contributed by atoms with van der Waals surface area (Å²) in [6.45, 7) is 7.02. The molecule has 1 nitrogen and oxygen atoms in total. The van der Waals surface area contributed by atoms with Gasteiger partial charge < -0.3 is 5.32 Å². The molecule has 0 heterocycles. The molecular formula is C10H19N. The maximum Gasteiger partial charge on any atom is 0.0134 e. The average molecular weight is 153 g/mol. The molecule has 1 rings (SSSR count). The minimum absolute atomic E-state index is 0.768. The van der Waals surface area contributed by atoms with Crippen molar-refractivity contribution in [3.8, 4) is 0 Å². The van der Waals surface area contributed by atoms with E-state index in [-0.39, 0.29) is 0 Å². The molecule has 0 saturated heterocycles. The van der Waals surface area contributed by atoms with Crippen molar-refractivity contribution in [2.45, 2.75) is 38.6 Å². The third-order valence-corrected chi connectivity index (χ3v) is 2.57. The van der Waals surface area contributed by atoms with Crippen LogP contribution in [0.1, 0.15) is 32.6 Å². The van der Waals surface area contributed by atoms with Crippen LogP contribution >= 0.6 is 0 Å². The van der Waals surface area contributed by atoms with Crippen molar-refractivity contribution >= 4 is 0 Å². The molecule has 0 atom stereocenters. The Labute approximate surface area is 69.9 Å². The first-order valence-electron chi connectivity index (χ1n) is 4.67. The molecule has 0 aromatic carbocycles. The maximum absolute atomic E-state index is 3.70. The molecule has 0 aromatic heterocycles. The van der Waals surface area contributed by atoms with Crippen molar-refractivity contribution in [2.24, 2.45) is 5.92 Å². The van der Waals surface area contributed by atoms with Crippen LogP contribution in [0, 0.1) is 5.92 Å². The number of hydrogen-bond donors (Lipinski definition) is 1. The van der Waals surface area contributed by atoms with Crippen LogP contribution in [0.25, 0.3) is 0 Å². The monoisotopic (exact) mass is 153 g/mol. The van der Waals surface area contributed by atoms with Crippen LogP contribution < -0.4 is 5.32 Å². The van der Waals surface area contributed by atoms with Crippen molar-refractivity contribution in [1.29, 1.82) is 0 Å². The van der Waals surface area contributed by atoms with Gasteiger partial charge in [-0.15, -0.1) is 6.58 Å². The molecule has 1 N–H and O–H groups in total. The Kier molecular flexibility index (Phi) is 3.64. The van der Waals surface area contributed by atoms with Gasteiger partial charge >= 0.3 is 0 Å². The van der Waals surface area contributed by atoms with Crippen LogP contribution in [-0.4, -0.2) is 12.6 Å². The highest BCUT2D eigenvalue weighted by Crippen LogP contribution is 2.23. The van der Waals surface area contributed by atoms with E-state index in [9.17, 15) is 0 Å². The third-order valence-electron chi connectivity index (χ3n) is 2.57. The molecule has 1 aliphatic rings. The highest BCUT2D eigenvalue weighted by molar-refractivity contribution is 4.79. The molecule has 0 unspecified atom stereocenters. The lowest BCUT2D eigenvalue weighted by Gasteiger charge is -2.26. The van der Waals surface area contributed by atoms with Crippen LogP contribution in [0.3, 0.4) is 0 Å². The lowest BCUT2D eigenvalue weighted by atomic mass is 9.87. The van der Waals surface area contributed by atoms with Crippen molar-refractivity contribution in [3.05, 3.63) is 12.7 Å². The van der Waals surface area contributed by atoms with E-state index in [1.54, 1.807) is 0 Å². The van der Waals surface area contributed by atoms with E-state index in [0.717, 1.165) is 18.5 Å². The molecule has 0 amide bonds. The van der Waals surface area contributed by atoms with E-state index in [2.05, 4.69) is 18.8 Å². The fourth-order valence-corrected chi connectivity index (χ4v) is 1.71. The molecule has 11 heavy (non-hydrogen) atoms. The van der Waals surface area contributed by atoms with Gasteiger partial charge in [0.05, 0.1) is 0 Å². The molecule has 0 radical (unpaired) electrons. The Morgan fingerprint density at radius 1 is 1.36 bits per heavy atom. The zero-order chi connectivity index (χ0) is 8.10. The maximum atomic E-state index is 3.70. The summed E-state index contributed by atoms with van der Waals surface area (Å²) in [6.07, 6.45) is 7.45. The summed E-state index contributed by atoms with van der Waals surface area (Å²) in [6, 6.07) is 0.768. The number of nitrogens with one attached hydrogen (secondary N) is 1. The second-order valence-corrected chi connectivity index (χ2v) is 3.65. The fourth-order valence-electron chi connectivity index (χ4n) is 1.71. The Hall–Kier alpha value is -0.300. The Bertz CT molecular complexity index is 112. The first kappa shape index (κ1) is 8.79. The van der Waals surface area contributed by atoms with Gasteiger partial charge in [0, 0.05) is 12.6 Å². The van der Waals surface area contributed by atoms with Crippen LogP contribution in [0.5, 0.6) is 0 Å². The topological polar surface area (TPSA) is 12.0 Å². The molecular weight excluding hydrogens is 134 g/mol. The van der Waals surface area contributed by atoms with Crippen LogP contribution in [-0.2, 0) is 0 Å². The summed E-state index contributed by atoms with van der Waals surface area (Å²) in [5.74, 6) is 0.955. The Balaban J connectivity index is 2.12. The van der Waals surface area contributed by atoms with Gasteiger partial charge in [-0.2, -0.15) is 0 Å². The molecule has 1 saturated carbocycles. The van der Waals surface area contributed by atoms with E-state index in [1.807, 2.05) is 6.08 Å². The summed E-state index contributed by atoms with van der Waals surface area (Å²) >= 11 is 0. The first-order chi connectivity index (χ1) is 5.33. The second kappa shape index (κ2) is 4.55. The minimum atomic E-state index is 0.768. The Morgan fingerprint density at radius 2 is 2.00 bits per heavy atom. The summed E-state index contributed by atoms with van der Waals surface area (Å²) < 4.78 is 0. The standard InChI is InChI=1S/C10H19N/c1-3-8-11-10-6-4-9(2)5-7-10/h3,9-11H,1,4-8H2,2H3. The fraction of sp³-hybridized carbons (Fsp3) is 0.800. The highest BCUT2D eigenvalue weighted by atomic mass is 14.9. The first-order valence-corrected chi connectivity index (χ1v) is 4.67. The zero-order valence-electron chi connectivity index (χ0n) is 7.47. The van der Waals surface area contributed by atoms with Crippen molar-refractivity contribution in [2.75, 3.05) is 6.54 Å². The average Bonchev–Trinajstić information content (AvgIpc) is 2.04. The number of hydrogen-bond acceptors (Lipinski definition) is 1. The summed E-state index contributed by atoms with van der Waals surface area (Å²) in [5.41, 5.74) is 0. The van der Waals surface area contributed by atoms with E-state index in [0.29, 0.717) is 0 Å². The largest absolute Gasteiger partial charge is 0.311 e. The van der Waals surface area contributed by atoms with E-state index in [4.69, 9.17) is 0 Å². The highest BCUT2D eigenvalue weighted by Gasteiger charge is 2.16. The molecule has 0 aromatic rings. The smallest absolute Gasteiger partial charge is 0.0134 e. The van der Waals surface area contributed by atoms with E-state index in [1.165, 1.54) is 25.7 Å². The second-order valence-electron chi connectivity index (χ2n) is 3.65. The van der Waals surface area contributed by atoms with E-state index < -0.39 is 0 Å². The van der Waals surface area contributed by atoms with Crippen molar-refractivity contribution in [1.82, 2.24) is 5.32 Å². The van der Waals surface area contributed by atoms with Gasteiger partial charge in [-0.25, -0.2) is 0 Å². The van der Waals surface area contributed by atoms with Crippen LogP contribution in [0.2, 0.25) is 0 Å².